The second kappa shape index (κ2) is 6.71. The summed E-state index contributed by atoms with van der Waals surface area (Å²) >= 11 is 1.78. The van der Waals surface area contributed by atoms with Crippen molar-refractivity contribution < 1.29 is 14.6 Å². The minimum atomic E-state index is -1.23. The normalized spacial score (nSPS) is 18.6. The highest BCUT2D eigenvalue weighted by atomic mass is 32.1. The fourth-order valence-corrected chi connectivity index (χ4v) is 5.64. The van der Waals surface area contributed by atoms with Crippen LogP contribution < -0.4 is 15.9 Å². The Bertz CT molecular complexity index is 1210. The number of carboxylic acids is 1. The highest BCUT2D eigenvalue weighted by Crippen LogP contribution is 2.51. The van der Waals surface area contributed by atoms with Gasteiger partial charge in [0.25, 0.3) is 0 Å². The Balaban J connectivity index is 1.79. The van der Waals surface area contributed by atoms with E-state index in [1.807, 2.05) is 6.07 Å². The monoisotopic (exact) mass is 410 g/mol. The molecule has 2 aliphatic carbocycles. The van der Waals surface area contributed by atoms with Gasteiger partial charge in [-0.3, -0.25) is 4.79 Å². The van der Waals surface area contributed by atoms with E-state index in [1.165, 1.54) is 16.6 Å². The zero-order valence-electron chi connectivity index (χ0n) is 16.1. The molecule has 0 radical (unpaired) electrons. The summed E-state index contributed by atoms with van der Waals surface area (Å²) in [6.45, 7) is 0. The number of nitrogens with one attached hydrogen (secondary N) is 1. The summed E-state index contributed by atoms with van der Waals surface area (Å²) in [6, 6.07) is 4.30. The summed E-state index contributed by atoms with van der Waals surface area (Å²) in [7, 11) is 1.60. The number of aromatic amines is 1. The molecular weight excluding hydrogens is 388 g/mol. The SMILES string of the molecule is COc1c(-c2cc3c(s2)CCC(N)C3)c(C2CC2)cc2c(=O)c(C(=O)O)c[nH]c12. The number of carboxylic acid groups (broad SMARTS) is 1. The van der Waals surface area contributed by atoms with E-state index in [-0.39, 0.29) is 11.6 Å². The summed E-state index contributed by atoms with van der Waals surface area (Å²) in [5.41, 5.74) is 9.38. The Hall–Kier alpha value is -2.64. The van der Waals surface area contributed by atoms with E-state index in [2.05, 4.69) is 11.1 Å². The Kier molecular flexibility index (Phi) is 4.26. The zero-order chi connectivity index (χ0) is 20.3. The standard InChI is InChI=1S/C22H22N2O4S/c1-28-21-18(17-7-11-6-12(23)4-5-16(11)29-17)13(10-2-3-10)8-14-19(21)24-9-15(20(14)25)22(26)27/h7-10,12H,2-6,23H2,1H3,(H,24,25)(H,26,27). The van der Waals surface area contributed by atoms with E-state index in [9.17, 15) is 14.7 Å². The van der Waals surface area contributed by atoms with Gasteiger partial charge in [-0.1, -0.05) is 0 Å². The molecule has 0 aliphatic heterocycles. The molecule has 1 saturated carbocycles. The highest BCUT2D eigenvalue weighted by Gasteiger charge is 2.32. The number of nitrogens with two attached hydrogens (primary N) is 1. The van der Waals surface area contributed by atoms with E-state index < -0.39 is 11.4 Å². The molecule has 2 aromatic heterocycles. The Morgan fingerprint density at radius 1 is 1.31 bits per heavy atom. The minimum absolute atomic E-state index is 0.206. The number of ether oxygens (including phenoxy) is 1. The molecule has 5 rings (SSSR count). The zero-order valence-corrected chi connectivity index (χ0v) is 16.9. The van der Waals surface area contributed by atoms with Crippen molar-refractivity contribution in [1.29, 1.82) is 0 Å². The maximum Gasteiger partial charge on any atom is 0.341 e. The molecule has 1 aromatic carbocycles. The molecule has 1 atom stereocenters. The number of H-pyrrole nitrogens is 1. The molecule has 0 saturated heterocycles. The number of fused-ring (bicyclic) bond motifs is 2. The lowest BCUT2D eigenvalue weighted by Crippen LogP contribution is -2.26. The van der Waals surface area contributed by atoms with Gasteiger partial charge in [0.2, 0.25) is 5.43 Å². The van der Waals surface area contributed by atoms with Crippen molar-refractivity contribution in [3.05, 3.63) is 50.1 Å². The number of thiophene rings is 1. The van der Waals surface area contributed by atoms with Gasteiger partial charge in [-0.05, 0) is 61.3 Å². The van der Waals surface area contributed by atoms with Crippen molar-refractivity contribution in [2.45, 2.75) is 44.1 Å². The molecule has 4 N–H and O–H groups in total. The van der Waals surface area contributed by atoms with Crippen molar-refractivity contribution in [2.75, 3.05) is 7.11 Å². The summed E-state index contributed by atoms with van der Waals surface area (Å²) in [4.78, 5) is 29.7. The molecule has 0 spiro atoms. The smallest absolute Gasteiger partial charge is 0.341 e. The Morgan fingerprint density at radius 3 is 2.79 bits per heavy atom. The van der Waals surface area contributed by atoms with Gasteiger partial charge in [-0.15, -0.1) is 11.3 Å². The number of aromatic carboxylic acids is 1. The lowest BCUT2D eigenvalue weighted by Gasteiger charge is -2.17. The van der Waals surface area contributed by atoms with Crippen molar-refractivity contribution in [3.63, 3.8) is 0 Å². The van der Waals surface area contributed by atoms with Crippen LogP contribution in [0, 0.1) is 0 Å². The van der Waals surface area contributed by atoms with E-state index in [0.29, 0.717) is 22.6 Å². The molecule has 2 aliphatic rings. The van der Waals surface area contributed by atoms with Crippen molar-refractivity contribution >= 4 is 28.2 Å². The van der Waals surface area contributed by atoms with Gasteiger partial charge in [0, 0.05) is 27.6 Å². The maximum absolute atomic E-state index is 12.8. The topological polar surface area (TPSA) is 105 Å². The average molecular weight is 410 g/mol. The van der Waals surface area contributed by atoms with Gasteiger partial charge in [0.1, 0.15) is 5.56 Å². The molecule has 6 nitrogen and oxygen atoms in total. The van der Waals surface area contributed by atoms with Crippen molar-refractivity contribution in [3.8, 4) is 16.2 Å². The summed E-state index contributed by atoms with van der Waals surface area (Å²) < 4.78 is 5.80. The van der Waals surface area contributed by atoms with Crippen LogP contribution in [0.25, 0.3) is 21.3 Å². The lowest BCUT2D eigenvalue weighted by molar-refractivity contribution is 0.0695. The van der Waals surface area contributed by atoms with E-state index >= 15 is 0 Å². The first kappa shape index (κ1) is 18.4. The third-order valence-electron chi connectivity index (χ3n) is 5.98. The number of rotatable bonds is 4. The van der Waals surface area contributed by atoms with Gasteiger partial charge < -0.3 is 20.6 Å². The maximum atomic E-state index is 12.8. The predicted molar refractivity (Wildman–Crippen MR) is 113 cm³/mol. The molecule has 29 heavy (non-hydrogen) atoms. The van der Waals surface area contributed by atoms with Gasteiger partial charge in [-0.2, -0.15) is 0 Å². The van der Waals surface area contributed by atoms with E-state index in [4.69, 9.17) is 10.5 Å². The Morgan fingerprint density at radius 2 is 2.10 bits per heavy atom. The molecular formula is C22H22N2O4S. The number of aromatic nitrogens is 1. The first-order valence-corrected chi connectivity index (χ1v) is 10.7. The first-order chi connectivity index (χ1) is 14.0. The molecule has 1 unspecified atom stereocenters. The van der Waals surface area contributed by atoms with E-state index in [0.717, 1.165) is 48.1 Å². The lowest BCUT2D eigenvalue weighted by atomic mass is 9.93. The van der Waals surface area contributed by atoms with Crippen LogP contribution in [0.4, 0.5) is 0 Å². The number of hydrogen-bond donors (Lipinski definition) is 3. The quantitative estimate of drug-likeness (QED) is 0.609. The van der Waals surface area contributed by atoms with Gasteiger partial charge >= 0.3 is 5.97 Å². The fraction of sp³-hybridized carbons (Fsp3) is 0.364. The molecule has 7 heteroatoms. The molecule has 2 heterocycles. The Labute approximate surface area is 171 Å². The largest absolute Gasteiger partial charge is 0.494 e. The summed E-state index contributed by atoms with van der Waals surface area (Å²) in [6.07, 6.45) is 6.27. The summed E-state index contributed by atoms with van der Waals surface area (Å²) in [5.74, 6) is -0.245. The van der Waals surface area contributed by atoms with Crippen LogP contribution in [0.2, 0.25) is 0 Å². The third-order valence-corrected chi connectivity index (χ3v) is 7.24. The van der Waals surface area contributed by atoms with Crippen LogP contribution in [0.3, 0.4) is 0 Å². The predicted octanol–water partition coefficient (Wildman–Crippen LogP) is 3.66. The number of hydrogen-bond acceptors (Lipinski definition) is 5. The van der Waals surface area contributed by atoms with Crippen LogP contribution in [0.1, 0.15) is 51.5 Å². The highest BCUT2D eigenvalue weighted by molar-refractivity contribution is 7.15. The van der Waals surface area contributed by atoms with Crippen LogP contribution in [-0.2, 0) is 12.8 Å². The van der Waals surface area contributed by atoms with Crippen molar-refractivity contribution in [1.82, 2.24) is 4.98 Å². The second-order valence-electron chi connectivity index (χ2n) is 7.97. The number of carbonyl (C=O) groups is 1. The van der Waals surface area contributed by atoms with Crippen LogP contribution in [0.15, 0.2) is 23.1 Å². The van der Waals surface area contributed by atoms with Crippen molar-refractivity contribution in [2.24, 2.45) is 5.73 Å². The number of methoxy groups -OCH3 is 1. The van der Waals surface area contributed by atoms with Gasteiger partial charge in [0.15, 0.2) is 5.75 Å². The first-order valence-electron chi connectivity index (χ1n) is 9.85. The number of pyridine rings is 1. The summed E-state index contributed by atoms with van der Waals surface area (Å²) in [5, 5.41) is 9.70. The van der Waals surface area contributed by atoms with Crippen LogP contribution in [0.5, 0.6) is 5.75 Å². The van der Waals surface area contributed by atoms with Crippen LogP contribution in [-0.4, -0.2) is 29.2 Å². The minimum Gasteiger partial charge on any atom is -0.494 e. The fourth-order valence-electron chi connectivity index (χ4n) is 4.36. The van der Waals surface area contributed by atoms with Crippen LogP contribution >= 0.6 is 11.3 Å². The number of aryl methyl sites for hydroxylation is 1. The number of benzene rings is 1. The molecule has 3 aromatic rings. The second-order valence-corrected chi connectivity index (χ2v) is 9.11. The molecule has 0 amide bonds. The van der Waals surface area contributed by atoms with E-state index in [1.54, 1.807) is 18.4 Å². The van der Waals surface area contributed by atoms with Gasteiger partial charge in [0.05, 0.1) is 18.0 Å². The third kappa shape index (κ3) is 2.96. The molecule has 150 valence electrons. The average Bonchev–Trinajstić information content (AvgIpc) is 3.46. The van der Waals surface area contributed by atoms with Gasteiger partial charge in [-0.25, -0.2) is 4.79 Å². The molecule has 0 bridgehead atoms. The molecule has 1 fully saturated rings.